The number of aromatic amines is 1. The molecule has 0 atom stereocenters. The Morgan fingerprint density at radius 1 is 0.875 bits per heavy atom. The molecular weight excluding hydrogens is 398 g/mol. The topological polar surface area (TPSA) is 56.4 Å². The van der Waals surface area contributed by atoms with Crippen molar-refractivity contribution in [3.63, 3.8) is 0 Å². The van der Waals surface area contributed by atoms with Crippen LogP contribution >= 0.6 is 0 Å². The number of benzene rings is 2. The largest absolute Gasteiger partial charge is 0.358 e. The second kappa shape index (κ2) is 8.12. The molecule has 1 saturated heterocycles. The molecule has 1 aromatic heterocycles. The lowest BCUT2D eigenvalue weighted by Gasteiger charge is -2.38. The average molecular weight is 430 g/mol. The fourth-order valence-electron chi connectivity index (χ4n) is 5.21. The summed E-state index contributed by atoms with van der Waals surface area (Å²) in [6.07, 6.45) is 4.64. The van der Waals surface area contributed by atoms with Gasteiger partial charge in [0.1, 0.15) is 0 Å². The molecule has 0 saturated carbocycles. The minimum absolute atomic E-state index is 0.0621. The van der Waals surface area contributed by atoms with Gasteiger partial charge in [-0.25, -0.2) is 0 Å². The van der Waals surface area contributed by atoms with Gasteiger partial charge in [-0.05, 0) is 68.9 Å². The molecule has 1 fully saturated rings. The fourth-order valence-corrected chi connectivity index (χ4v) is 5.21. The van der Waals surface area contributed by atoms with Crippen LogP contribution in [0, 0.1) is 0 Å². The SMILES string of the molecule is CC(C)(C(=O)N1CCN(C(=O)c2ccc3[nH]c4c(c3c2)CCCC4)CC1)c1ccccc1. The molecule has 5 heteroatoms. The van der Waals surface area contributed by atoms with Crippen molar-refractivity contribution in [3.05, 3.63) is 70.9 Å². The number of piperazine rings is 1. The summed E-state index contributed by atoms with van der Waals surface area (Å²) in [5.41, 5.74) is 5.04. The van der Waals surface area contributed by atoms with Gasteiger partial charge in [-0.1, -0.05) is 30.3 Å². The summed E-state index contributed by atoms with van der Waals surface area (Å²) in [6, 6.07) is 16.0. The van der Waals surface area contributed by atoms with Crippen molar-refractivity contribution < 1.29 is 9.59 Å². The lowest BCUT2D eigenvalue weighted by atomic mass is 9.83. The van der Waals surface area contributed by atoms with E-state index in [1.54, 1.807) is 0 Å². The predicted octanol–water partition coefficient (Wildman–Crippen LogP) is 4.31. The number of hydrogen-bond acceptors (Lipinski definition) is 2. The van der Waals surface area contributed by atoms with Crippen molar-refractivity contribution in [2.24, 2.45) is 0 Å². The Kier molecular flexibility index (Phi) is 5.28. The molecule has 2 amide bonds. The van der Waals surface area contributed by atoms with E-state index in [-0.39, 0.29) is 11.8 Å². The number of nitrogens with zero attached hydrogens (tertiary/aromatic N) is 2. The first-order valence-corrected chi connectivity index (χ1v) is 11.7. The molecule has 0 unspecified atom stereocenters. The molecule has 5 nitrogen and oxygen atoms in total. The monoisotopic (exact) mass is 429 g/mol. The number of aromatic nitrogens is 1. The first-order valence-electron chi connectivity index (χ1n) is 11.7. The minimum atomic E-state index is -0.578. The summed E-state index contributed by atoms with van der Waals surface area (Å²) in [4.78, 5) is 33.8. The van der Waals surface area contributed by atoms with Crippen LogP contribution < -0.4 is 0 Å². The number of rotatable bonds is 3. The maximum atomic E-state index is 13.2. The number of H-pyrrole nitrogens is 1. The van der Waals surface area contributed by atoms with Gasteiger partial charge in [-0.2, -0.15) is 0 Å². The van der Waals surface area contributed by atoms with Gasteiger partial charge in [0.2, 0.25) is 5.91 Å². The molecule has 1 aliphatic heterocycles. The molecule has 2 heterocycles. The van der Waals surface area contributed by atoms with Gasteiger partial charge in [0, 0.05) is 48.3 Å². The lowest BCUT2D eigenvalue weighted by Crippen LogP contribution is -2.54. The maximum Gasteiger partial charge on any atom is 0.253 e. The van der Waals surface area contributed by atoms with Crippen molar-refractivity contribution in [1.82, 2.24) is 14.8 Å². The first kappa shape index (κ1) is 20.8. The smallest absolute Gasteiger partial charge is 0.253 e. The van der Waals surface area contributed by atoms with E-state index in [2.05, 4.69) is 11.1 Å². The predicted molar refractivity (Wildman–Crippen MR) is 127 cm³/mol. The highest BCUT2D eigenvalue weighted by molar-refractivity contribution is 5.99. The standard InChI is InChI=1S/C27H31N3O2/c1-27(2,20-8-4-3-5-9-20)26(32)30-16-14-29(15-17-30)25(31)19-12-13-24-22(18-19)21-10-6-7-11-23(21)28-24/h3-5,8-9,12-13,18,28H,6-7,10-11,14-17H2,1-2H3. The Labute approximate surface area is 189 Å². The zero-order valence-electron chi connectivity index (χ0n) is 19.0. The average Bonchev–Trinajstić information content (AvgIpc) is 3.21. The van der Waals surface area contributed by atoms with Crippen LogP contribution in [0.5, 0.6) is 0 Å². The van der Waals surface area contributed by atoms with Crippen LogP contribution in [0.3, 0.4) is 0 Å². The third kappa shape index (κ3) is 3.60. The number of carbonyl (C=O) groups excluding carboxylic acids is 2. The van der Waals surface area contributed by atoms with E-state index in [1.807, 2.05) is 66.1 Å². The zero-order chi connectivity index (χ0) is 22.3. The van der Waals surface area contributed by atoms with E-state index in [9.17, 15) is 9.59 Å². The third-order valence-electron chi connectivity index (χ3n) is 7.23. The lowest BCUT2D eigenvalue weighted by molar-refractivity contribution is -0.137. The first-order chi connectivity index (χ1) is 15.4. The highest BCUT2D eigenvalue weighted by Crippen LogP contribution is 2.30. The van der Waals surface area contributed by atoms with E-state index in [4.69, 9.17) is 0 Å². The van der Waals surface area contributed by atoms with Crippen LogP contribution in [0.15, 0.2) is 48.5 Å². The number of hydrogen-bond donors (Lipinski definition) is 1. The summed E-state index contributed by atoms with van der Waals surface area (Å²) in [5, 5.41) is 1.20. The Balaban J connectivity index is 1.28. The minimum Gasteiger partial charge on any atom is -0.358 e. The Morgan fingerprint density at radius 3 is 2.31 bits per heavy atom. The van der Waals surface area contributed by atoms with Gasteiger partial charge < -0.3 is 14.8 Å². The summed E-state index contributed by atoms with van der Waals surface area (Å²) in [5.74, 6) is 0.184. The molecule has 1 aliphatic carbocycles. The highest BCUT2D eigenvalue weighted by atomic mass is 16.2. The van der Waals surface area contributed by atoms with Crippen LogP contribution in [0.4, 0.5) is 0 Å². The Hall–Kier alpha value is -3.08. The van der Waals surface area contributed by atoms with Gasteiger partial charge in [-0.3, -0.25) is 9.59 Å². The van der Waals surface area contributed by atoms with Gasteiger partial charge in [-0.15, -0.1) is 0 Å². The normalized spacial score (nSPS) is 16.8. The van der Waals surface area contributed by atoms with Crippen molar-refractivity contribution in [2.75, 3.05) is 26.2 Å². The van der Waals surface area contributed by atoms with Crippen LogP contribution in [0.1, 0.15) is 53.9 Å². The number of fused-ring (bicyclic) bond motifs is 3. The molecule has 0 bridgehead atoms. The quantitative estimate of drug-likeness (QED) is 0.675. The molecule has 1 N–H and O–H groups in total. The van der Waals surface area contributed by atoms with Crippen LogP contribution in [0.2, 0.25) is 0 Å². The molecule has 2 aromatic carbocycles. The van der Waals surface area contributed by atoms with E-state index >= 15 is 0 Å². The second-order valence-corrected chi connectivity index (χ2v) is 9.63. The molecule has 3 aromatic rings. The molecule has 0 radical (unpaired) electrons. The number of aryl methyl sites for hydroxylation is 2. The third-order valence-corrected chi connectivity index (χ3v) is 7.23. The Bertz CT molecular complexity index is 1150. The van der Waals surface area contributed by atoms with E-state index in [0.717, 1.165) is 29.5 Å². The second-order valence-electron chi connectivity index (χ2n) is 9.63. The zero-order valence-corrected chi connectivity index (χ0v) is 19.0. The van der Waals surface area contributed by atoms with Crippen molar-refractivity contribution >= 4 is 22.7 Å². The van der Waals surface area contributed by atoms with Crippen molar-refractivity contribution in [3.8, 4) is 0 Å². The summed E-state index contributed by atoms with van der Waals surface area (Å²) >= 11 is 0. The number of nitrogens with one attached hydrogen (secondary N) is 1. The molecule has 166 valence electrons. The summed E-state index contributed by atoms with van der Waals surface area (Å²) in [7, 11) is 0. The number of carbonyl (C=O) groups is 2. The highest BCUT2D eigenvalue weighted by Gasteiger charge is 2.35. The van der Waals surface area contributed by atoms with Gasteiger partial charge in [0.05, 0.1) is 5.41 Å². The van der Waals surface area contributed by atoms with Crippen molar-refractivity contribution in [2.45, 2.75) is 44.9 Å². The summed E-state index contributed by atoms with van der Waals surface area (Å²) in [6.45, 7) is 6.24. The van der Waals surface area contributed by atoms with E-state index in [1.165, 1.54) is 29.5 Å². The molecule has 0 spiro atoms. The van der Waals surface area contributed by atoms with Crippen molar-refractivity contribution in [1.29, 1.82) is 0 Å². The molecular formula is C27H31N3O2. The molecule has 5 rings (SSSR count). The van der Waals surface area contributed by atoms with Gasteiger partial charge in [0.25, 0.3) is 5.91 Å². The van der Waals surface area contributed by atoms with Crippen LogP contribution in [0.25, 0.3) is 10.9 Å². The van der Waals surface area contributed by atoms with Crippen LogP contribution in [-0.4, -0.2) is 52.8 Å². The van der Waals surface area contributed by atoms with E-state index < -0.39 is 5.41 Å². The molecule has 32 heavy (non-hydrogen) atoms. The van der Waals surface area contributed by atoms with Gasteiger partial charge >= 0.3 is 0 Å². The Morgan fingerprint density at radius 2 is 1.56 bits per heavy atom. The van der Waals surface area contributed by atoms with Crippen LogP contribution in [-0.2, 0) is 23.1 Å². The fraction of sp³-hybridized carbons (Fsp3) is 0.407. The van der Waals surface area contributed by atoms with E-state index in [0.29, 0.717) is 26.2 Å². The maximum absolute atomic E-state index is 13.2. The number of amides is 2. The summed E-state index contributed by atoms with van der Waals surface area (Å²) < 4.78 is 0. The van der Waals surface area contributed by atoms with Gasteiger partial charge in [0.15, 0.2) is 0 Å². The molecule has 2 aliphatic rings.